The van der Waals surface area contributed by atoms with Gasteiger partial charge in [0.2, 0.25) is 0 Å². The lowest BCUT2D eigenvalue weighted by Crippen LogP contribution is -2.11. The van der Waals surface area contributed by atoms with Crippen LogP contribution in [0.3, 0.4) is 0 Å². The van der Waals surface area contributed by atoms with Gasteiger partial charge in [0.1, 0.15) is 11.6 Å². The first-order valence-corrected chi connectivity index (χ1v) is 5.06. The smallest absolute Gasteiger partial charge is 0.149 e. The zero-order valence-corrected chi connectivity index (χ0v) is 9.51. The zero-order valence-electron chi connectivity index (χ0n) is 9.51. The van der Waals surface area contributed by atoms with Gasteiger partial charge in [-0.15, -0.1) is 0 Å². The third-order valence-electron chi connectivity index (χ3n) is 2.09. The van der Waals surface area contributed by atoms with Gasteiger partial charge in [0.25, 0.3) is 0 Å². The molecule has 0 amide bonds. The molecule has 0 saturated carbocycles. The summed E-state index contributed by atoms with van der Waals surface area (Å²) in [5.41, 5.74) is 5.74. The topological polar surface area (TPSA) is 35.2 Å². The molecule has 0 unspecified atom stereocenters. The second-order valence-electron chi connectivity index (χ2n) is 4.84. The summed E-state index contributed by atoms with van der Waals surface area (Å²) in [5.74, 6) is 0.106. The molecule has 0 atom stereocenters. The number of hydrogen-bond acceptors (Lipinski definition) is 2. The molecule has 0 saturated heterocycles. The highest BCUT2D eigenvalue weighted by Crippen LogP contribution is 2.21. The van der Waals surface area contributed by atoms with E-state index in [0.717, 1.165) is 6.42 Å². The van der Waals surface area contributed by atoms with Crippen LogP contribution in [0.2, 0.25) is 0 Å². The Morgan fingerprint density at radius 2 is 2.00 bits per heavy atom. The predicted molar refractivity (Wildman–Crippen MR) is 60.4 cm³/mol. The Morgan fingerprint density at radius 1 is 1.33 bits per heavy atom. The number of hydrogen-bond donors (Lipinski definition) is 1. The van der Waals surface area contributed by atoms with Crippen LogP contribution in [0.5, 0.6) is 5.75 Å². The van der Waals surface area contributed by atoms with Crippen molar-refractivity contribution in [3.63, 3.8) is 0 Å². The predicted octanol–water partition coefficient (Wildman–Crippen LogP) is 3.22. The summed E-state index contributed by atoms with van der Waals surface area (Å²) in [7, 11) is 0. The van der Waals surface area contributed by atoms with E-state index in [2.05, 4.69) is 20.8 Å². The van der Waals surface area contributed by atoms with Crippen LogP contribution < -0.4 is 10.5 Å². The van der Waals surface area contributed by atoms with Gasteiger partial charge in [-0.1, -0.05) is 20.8 Å². The van der Waals surface area contributed by atoms with Crippen molar-refractivity contribution in [1.29, 1.82) is 0 Å². The van der Waals surface area contributed by atoms with Gasteiger partial charge in [0, 0.05) is 6.07 Å². The maximum Gasteiger partial charge on any atom is 0.149 e. The van der Waals surface area contributed by atoms with Crippen LogP contribution in [-0.4, -0.2) is 6.61 Å². The Labute approximate surface area is 90.2 Å². The Balaban J connectivity index is 2.48. The first-order valence-electron chi connectivity index (χ1n) is 5.06. The van der Waals surface area contributed by atoms with Gasteiger partial charge >= 0.3 is 0 Å². The lowest BCUT2D eigenvalue weighted by Gasteiger charge is -2.18. The molecule has 2 nitrogen and oxygen atoms in total. The maximum atomic E-state index is 13.0. The summed E-state index contributed by atoms with van der Waals surface area (Å²) >= 11 is 0. The van der Waals surface area contributed by atoms with E-state index in [1.54, 1.807) is 6.07 Å². The van der Waals surface area contributed by atoms with Gasteiger partial charge in [-0.05, 0) is 24.0 Å². The minimum Gasteiger partial charge on any atom is -0.493 e. The molecule has 0 aliphatic heterocycles. The number of rotatable bonds is 3. The largest absolute Gasteiger partial charge is 0.493 e. The number of halogens is 1. The van der Waals surface area contributed by atoms with Gasteiger partial charge < -0.3 is 10.5 Å². The molecule has 1 rings (SSSR count). The molecule has 0 aliphatic rings. The average molecular weight is 211 g/mol. The molecule has 0 fully saturated rings. The first-order chi connectivity index (χ1) is 6.88. The lowest BCUT2D eigenvalue weighted by atomic mass is 9.93. The number of ether oxygens (including phenoxy) is 1. The molecule has 0 heterocycles. The highest BCUT2D eigenvalue weighted by Gasteiger charge is 2.10. The molecule has 0 radical (unpaired) electrons. The molecule has 1 aromatic carbocycles. The van der Waals surface area contributed by atoms with Crippen molar-refractivity contribution in [2.45, 2.75) is 27.2 Å². The quantitative estimate of drug-likeness (QED) is 0.779. The fraction of sp³-hybridized carbons (Fsp3) is 0.500. The lowest BCUT2D eigenvalue weighted by molar-refractivity contribution is 0.242. The van der Waals surface area contributed by atoms with E-state index < -0.39 is 5.82 Å². The standard InChI is InChI=1S/C12H18FNO/c1-12(2,3)6-7-15-9-4-5-11(14)10(13)8-9/h4-5,8H,6-7,14H2,1-3H3. The van der Waals surface area contributed by atoms with E-state index in [0.29, 0.717) is 12.4 Å². The van der Waals surface area contributed by atoms with E-state index >= 15 is 0 Å². The molecule has 84 valence electrons. The summed E-state index contributed by atoms with van der Waals surface area (Å²) in [5, 5.41) is 0. The van der Waals surface area contributed by atoms with Crippen LogP contribution in [0.15, 0.2) is 18.2 Å². The molecular formula is C12H18FNO. The van der Waals surface area contributed by atoms with Crippen LogP contribution in [0.4, 0.5) is 10.1 Å². The van der Waals surface area contributed by atoms with Gasteiger partial charge in [-0.25, -0.2) is 4.39 Å². The summed E-state index contributed by atoms with van der Waals surface area (Å²) in [4.78, 5) is 0. The van der Waals surface area contributed by atoms with E-state index in [-0.39, 0.29) is 11.1 Å². The van der Waals surface area contributed by atoms with Crippen molar-refractivity contribution in [1.82, 2.24) is 0 Å². The van der Waals surface area contributed by atoms with Crippen molar-refractivity contribution in [2.75, 3.05) is 12.3 Å². The number of anilines is 1. The van der Waals surface area contributed by atoms with Gasteiger partial charge in [-0.2, -0.15) is 0 Å². The zero-order chi connectivity index (χ0) is 11.5. The summed E-state index contributed by atoms with van der Waals surface area (Å²) < 4.78 is 18.5. The average Bonchev–Trinajstić information content (AvgIpc) is 2.09. The van der Waals surface area contributed by atoms with Crippen LogP contribution in [0.1, 0.15) is 27.2 Å². The third kappa shape index (κ3) is 4.19. The molecular weight excluding hydrogens is 193 g/mol. The van der Waals surface area contributed by atoms with E-state index in [1.165, 1.54) is 12.1 Å². The van der Waals surface area contributed by atoms with Crippen molar-refractivity contribution in [2.24, 2.45) is 5.41 Å². The summed E-state index contributed by atoms with van der Waals surface area (Å²) in [6.07, 6.45) is 0.930. The Morgan fingerprint density at radius 3 is 2.53 bits per heavy atom. The maximum absolute atomic E-state index is 13.0. The Bertz CT molecular complexity index is 331. The Hall–Kier alpha value is -1.25. The fourth-order valence-corrected chi connectivity index (χ4v) is 1.07. The molecule has 0 aliphatic carbocycles. The van der Waals surface area contributed by atoms with Crippen molar-refractivity contribution < 1.29 is 9.13 Å². The van der Waals surface area contributed by atoms with E-state index in [4.69, 9.17) is 10.5 Å². The highest BCUT2D eigenvalue weighted by molar-refractivity contribution is 5.43. The molecule has 0 aromatic heterocycles. The molecule has 0 spiro atoms. The molecule has 15 heavy (non-hydrogen) atoms. The molecule has 3 heteroatoms. The SMILES string of the molecule is CC(C)(C)CCOc1ccc(N)c(F)c1. The second kappa shape index (κ2) is 4.51. The molecule has 0 bridgehead atoms. The fourth-order valence-electron chi connectivity index (χ4n) is 1.07. The minimum absolute atomic E-state index is 0.151. The highest BCUT2D eigenvalue weighted by atomic mass is 19.1. The van der Waals surface area contributed by atoms with Gasteiger partial charge in [-0.3, -0.25) is 0 Å². The number of benzene rings is 1. The van der Waals surface area contributed by atoms with Crippen LogP contribution >= 0.6 is 0 Å². The number of nitrogen functional groups attached to an aromatic ring is 1. The van der Waals surface area contributed by atoms with Crippen LogP contribution in [0.25, 0.3) is 0 Å². The molecule has 2 N–H and O–H groups in total. The third-order valence-corrected chi connectivity index (χ3v) is 2.09. The van der Waals surface area contributed by atoms with Crippen LogP contribution in [-0.2, 0) is 0 Å². The monoisotopic (exact) mass is 211 g/mol. The normalized spacial score (nSPS) is 11.5. The molecule has 1 aromatic rings. The second-order valence-corrected chi connectivity index (χ2v) is 4.84. The first kappa shape index (κ1) is 11.8. The summed E-state index contributed by atoms with van der Waals surface area (Å²) in [6, 6.07) is 4.51. The van der Waals surface area contributed by atoms with Gasteiger partial charge in [0.05, 0.1) is 12.3 Å². The van der Waals surface area contributed by atoms with E-state index in [9.17, 15) is 4.39 Å². The van der Waals surface area contributed by atoms with E-state index in [1.807, 2.05) is 0 Å². The number of nitrogens with two attached hydrogens (primary N) is 1. The van der Waals surface area contributed by atoms with Crippen LogP contribution in [0, 0.1) is 11.2 Å². The summed E-state index contributed by atoms with van der Waals surface area (Å²) in [6.45, 7) is 7.01. The van der Waals surface area contributed by atoms with Crippen molar-refractivity contribution in [3.8, 4) is 5.75 Å². The van der Waals surface area contributed by atoms with Crippen molar-refractivity contribution >= 4 is 5.69 Å². The minimum atomic E-state index is -0.428. The Kier molecular flexibility index (Phi) is 3.56. The van der Waals surface area contributed by atoms with Gasteiger partial charge in [0.15, 0.2) is 0 Å². The van der Waals surface area contributed by atoms with Crippen molar-refractivity contribution in [3.05, 3.63) is 24.0 Å².